The normalized spacial score (nSPS) is 15.7. The van der Waals surface area contributed by atoms with Gasteiger partial charge in [0.2, 0.25) is 11.8 Å². The van der Waals surface area contributed by atoms with E-state index in [2.05, 4.69) is 16.0 Å². The zero-order valence-corrected chi connectivity index (χ0v) is 12.1. The highest BCUT2D eigenvalue weighted by molar-refractivity contribution is 6.33. The van der Waals surface area contributed by atoms with E-state index < -0.39 is 0 Å². The summed E-state index contributed by atoms with van der Waals surface area (Å²) in [5, 5.41) is 9.19. The lowest BCUT2D eigenvalue weighted by Crippen LogP contribution is -2.34. The average Bonchev–Trinajstić information content (AvgIpc) is 2.43. The third-order valence-corrected chi connectivity index (χ3v) is 3.58. The Morgan fingerprint density at radius 1 is 1.25 bits per heavy atom. The van der Waals surface area contributed by atoms with Crippen molar-refractivity contribution in [2.45, 2.75) is 19.8 Å². The van der Waals surface area contributed by atoms with Gasteiger partial charge in [-0.15, -0.1) is 0 Å². The van der Waals surface area contributed by atoms with Crippen LogP contribution >= 0.6 is 11.6 Å². The predicted molar refractivity (Wildman–Crippen MR) is 80.0 cm³/mol. The van der Waals surface area contributed by atoms with Crippen LogP contribution in [0.3, 0.4) is 0 Å². The molecule has 0 aromatic heterocycles. The minimum absolute atomic E-state index is 0.0109. The molecule has 1 aromatic rings. The van der Waals surface area contributed by atoms with E-state index in [-0.39, 0.29) is 17.7 Å². The van der Waals surface area contributed by atoms with Crippen molar-refractivity contribution in [1.82, 2.24) is 5.32 Å². The lowest BCUT2D eigenvalue weighted by Gasteiger charge is -2.22. The van der Waals surface area contributed by atoms with Gasteiger partial charge in [0.25, 0.3) is 0 Å². The standard InChI is InChI=1S/C14H18ClN3O2/c1-9(19)17-11-2-3-12(15)13(8-11)18-14(20)10-4-6-16-7-5-10/h2-3,8,10,16H,4-7H2,1H3,(H,17,19)(H,18,20). The van der Waals surface area contributed by atoms with E-state index in [1.165, 1.54) is 6.92 Å². The summed E-state index contributed by atoms with van der Waals surface area (Å²) in [4.78, 5) is 23.2. The molecule has 1 fully saturated rings. The number of hydrogen-bond acceptors (Lipinski definition) is 3. The maximum Gasteiger partial charge on any atom is 0.227 e. The Kier molecular flexibility index (Phi) is 4.98. The fourth-order valence-corrected chi connectivity index (χ4v) is 2.39. The minimum Gasteiger partial charge on any atom is -0.326 e. The van der Waals surface area contributed by atoms with Crippen LogP contribution in [0.15, 0.2) is 18.2 Å². The van der Waals surface area contributed by atoms with Gasteiger partial charge in [0.05, 0.1) is 10.7 Å². The van der Waals surface area contributed by atoms with Crippen molar-refractivity contribution in [2.75, 3.05) is 23.7 Å². The first-order valence-electron chi connectivity index (χ1n) is 6.65. The maximum atomic E-state index is 12.2. The first-order valence-corrected chi connectivity index (χ1v) is 7.03. The SMILES string of the molecule is CC(=O)Nc1ccc(Cl)c(NC(=O)C2CCNCC2)c1. The van der Waals surface area contributed by atoms with Gasteiger partial charge >= 0.3 is 0 Å². The molecule has 0 unspecified atom stereocenters. The molecule has 0 radical (unpaired) electrons. The second kappa shape index (κ2) is 6.72. The molecule has 1 aromatic carbocycles. The monoisotopic (exact) mass is 295 g/mol. The Morgan fingerprint density at radius 2 is 1.95 bits per heavy atom. The summed E-state index contributed by atoms with van der Waals surface area (Å²) in [6.45, 7) is 3.15. The molecule has 108 valence electrons. The number of nitrogens with one attached hydrogen (secondary N) is 3. The van der Waals surface area contributed by atoms with Gasteiger partial charge in [-0.2, -0.15) is 0 Å². The summed E-state index contributed by atoms with van der Waals surface area (Å²) in [6.07, 6.45) is 1.66. The molecule has 3 N–H and O–H groups in total. The smallest absolute Gasteiger partial charge is 0.227 e. The molecule has 0 bridgehead atoms. The maximum absolute atomic E-state index is 12.2. The molecule has 2 rings (SSSR count). The number of halogens is 1. The van der Waals surface area contributed by atoms with Crippen LogP contribution < -0.4 is 16.0 Å². The number of benzene rings is 1. The highest BCUT2D eigenvalue weighted by atomic mass is 35.5. The summed E-state index contributed by atoms with van der Waals surface area (Å²) in [5.41, 5.74) is 1.14. The summed E-state index contributed by atoms with van der Waals surface area (Å²) in [5.74, 6) is -0.173. The van der Waals surface area contributed by atoms with E-state index in [0.29, 0.717) is 16.4 Å². The molecule has 1 aliphatic heterocycles. The lowest BCUT2D eigenvalue weighted by atomic mass is 9.97. The van der Waals surface area contributed by atoms with Gasteiger partial charge in [0.15, 0.2) is 0 Å². The van der Waals surface area contributed by atoms with Crippen LogP contribution in [-0.2, 0) is 9.59 Å². The molecule has 20 heavy (non-hydrogen) atoms. The summed E-state index contributed by atoms with van der Waals surface area (Å²) >= 11 is 6.08. The summed E-state index contributed by atoms with van der Waals surface area (Å²) in [6, 6.07) is 5.03. The first-order chi connectivity index (χ1) is 9.56. The van der Waals surface area contributed by atoms with E-state index in [1.54, 1.807) is 18.2 Å². The highest BCUT2D eigenvalue weighted by Gasteiger charge is 2.21. The Morgan fingerprint density at radius 3 is 2.60 bits per heavy atom. The van der Waals surface area contributed by atoms with E-state index in [9.17, 15) is 9.59 Å². The van der Waals surface area contributed by atoms with Crippen molar-refractivity contribution >= 4 is 34.8 Å². The number of hydrogen-bond donors (Lipinski definition) is 3. The number of carbonyl (C=O) groups is 2. The first kappa shape index (κ1) is 14.8. The molecule has 0 spiro atoms. The van der Waals surface area contributed by atoms with Crippen LogP contribution in [0.1, 0.15) is 19.8 Å². The third kappa shape index (κ3) is 3.95. The third-order valence-electron chi connectivity index (χ3n) is 3.25. The van der Waals surface area contributed by atoms with Crippen LogP contribution in [0.25, 0.3) is 0 Å². The Hall–Kier alpha value is -1.59. The van der Waals surface area contributed by atoms with Crippen LogP contribution in [0.4, 0.5) is 11.4 Å². The molecule has 1 heterocycles. The van der Waals surface area contributed by atoms with Gasteiger partial charge in [0.1, 0.15) is 0 Å². The Balaban J connectivity index is 2.07. The van der Waals surface area contributed by atoms with Crippen LogP contribution in [0.5, 0.6) is 0 Å². The summed E-state index contributed by atoms with van der Waals surface area (Å²) < 4.78 is 0. The number of piperidine rings is 1. The molecule has 0 atom stereocenters. The number of rotatable bonds is 3. The summed E-state index contributed by atoms with van der Waals surface area (Å²) in [7, 11) is 0. The van der Waals surface area contributed by atoms with Crippen LogP contribution in [-0.4, -0.2) is 24.9 Å². The highest BCUT2D eigenvalue weighted by Crippen LogP contribution is 2.26. The molecule has 0 saturated carbocycles. The molecule has 1 aliphatic rings. The Labute approximate surface area is 123 Å². The topological polar surface area (TPSA) is 70.2 Å². The zero-order chi connectivity index (χ0) is 14.5. The quantitative estimate of drug-likeness (QED) is 0.801. The van der Waals surface area contributed by atoms with Crippen molar-refractivity contribution in [3.63, 3.8) is 0 Å². The second-order valence-electron chi connectivity index (χ2n) is 4.89. The zero-order valence-electron chi connectivity index (χ0n) is 11.3. The molecule has 5 nitrogen and oxygen atoms in total. The van der Waals surface area contributed by atoms with E-state index >= 15 is 0 Å². The van der Waals surface area contributed by atoms with Crippen LogP contribution in [0, 0.1) is 5.92 Å². The molecule has 1 saturated heterocycles. The van der Waals surface area contributed by atoms with Crippen molar-refractivity contribution in [1.29, 1.82) is 0 Å². The van der Waals surface area contributed by atoms with E-state index in [4.69, 9.17) is 11.6 Å². The van der Waals surface area contributed by atoms with Gasteiger partial charge in [-0.1, -0.05) is 11.6 Å². The molecule has 2 amide bonds. The fraction of sp³-hybridized carbons (Fsp3) is 0.429. The van der Waals surface area contributed by atoms with E-state index in [1.807, 2.05) is 0 Å². The fourth-order valence-electron chi connectivity index (χ4n) is 2.22. The van der Waals surface area contributed by atoms with Gasteiger partial charge in [-0.25, -0.2) is 0 Å². The predicted octanol–water partition coefficient (Wildman–Crippen LogP) is 2.24. The lowest BCUT2D eigenvalue weighted by molar-refractivity contribution is -0.120. The van der Waals surface area contributed by atoms with Gasteiger partial charge < -0.3 is 16.0 Å². The molecular formula is C14H18ClN3O2. The average molecular weight is 296 g/mol. The molecule has 6 heteroatoms. The van der Waals surface area contributed by atoms with E-state index in [0.717, 1.165) is 25.9 Å². The number of amides is 2. The van der Waals surface area contributed by atoms with Crippen LogP contribution in [0.2, 0.25) is 5.02 Å². The minimum atomic E-state index is -0.164. The Bertz CT molecular complexity index is 513. The van der Waals surface area contributed by atoms with Crippen molar-refractivity contribution in [3.8, 4) is 0 Å². The van der Waals surface area contributed by atoms with Crippen molar-refractivity contribution in [2.24, 2.45) is 5.92 Å². The van der Waals surface area contributed by atoms with Crippen molar-refractivity contribution < 1.29 is 9.59 Å². The number of carbonyl (C=O) groups excluding carboxylic acids is 2. The van der Waals surface area contributed by atoms with Crippen molar-refractivity contribution in [3.05, 3.63) is 23.2 Å². The van der Waals surface area contributed by atoms with Gasteiger partial charge in [0, 0.05) is 18.5 Å². The van der Waals surface area contributed by atoms with Gasteiger partial charge in [-0.05, 0) is 44.1 Å². The largest absolute Gasteiger partial charge is 0.326 e. The van der Waals surface area contributed by atoms with Gasteiger partial charge in [-0.3, -0.25) is 9.59 Å². The second-order valence-corrected chi connectivity index (χ2v) is 5.30. The molecule has 0 aliphatic carbocycles. The molecular weight excluding hydrogens is 278 g/mol. The number of anilines is 2.